The zero-order chi connectivity index (χ0) is 22.9. The minimum absolute atomic E-state index is 0.0184. The first kappa shape index (κ1) is 20.9. The first-order valence-corrected chi connectivity index (χ1v) is 11.1. The highest BCUT2D eigenvalue weighted by Crippen LogP contribution is 2.45. The molecular formula is C27H25N3O3. The van der Waals surface area contributed by atoms with Crippen LogP contribution in [0.5, 0.6) is 0 Å². The van der Waals surface area contributed by atoms with Crippen LogP contribution in [0.2, 0.25) is 0 Å². The normalized spacial score (nSPS) is 20.4. The molecule has 6 nitrogen and oxygen atoms in total. The van der Waals surface area contributed by atoms with Crippen LogP contribution in [0, 0.1) is 6.92 Å². The fraction of sp³-hybridized carbons (Fsp3) is 0.222. The van der Waals surface area contributed by atoms with E-state index in [4.69, 9.17) is 4.42 Å². The lowest BCUT2D eigenvalue weighted by atomic mass is 9.72. The summed E-state index contributed by atoms with van der Waals surface area (Å²) in [4.78, 5) is 31.3. The Balaban J connectivity index is 1.54. The van der Waals surface area contributed by atoms with Gasteiger partial charge in [-0.2, -0.15) is 0 Å². The summed E-state index contributed by atoms with van der Waals surface area (Å²) < 4.78 is 5.59. The van der Waals surface area contributed by atoms with E-state index in [1.807, 2.05) is 62.4 Å². The van der Waals surface area contributed by atoms with E-state index in [-0.39, 0.29) is 17.6 Å². The Labute approximate surface area is 192 Å². The Morgan fingerprint density at radius 1 is 1.06 bits per heavy atom. The summed E-state index contributed by atoms with van der Waals surface area (Å²) in [5.41, 5.74) is 4.73. The molecule has 5 rings (SSSR count). The molecule has 166 valence electrons. The fourth-order valence-electron chi connectivity index (χ4n) is 4.77. The van der Waals surface area contributed by atoms with Gasteiger partial charge in [0, 0.05) is 47.0 Å². The molecule has 0 spiro atoms. The minimum atomic E-state index is -0.446. The fourth-order valence-corrected chi connectivity index (χ4v) is 4.77. The van der Waals surface area contributed by atoms with E-state index >= 15 is 0 Å². The van der Waals surface area contributed by atoms with Gasteiger partial charge in [-0.05, 0) is 49.6 Å². The maximum Gasteiger partial charge on any atom is 0.255 e. The van der Waals surface area contributed by atoms with E-state index in [2.05, 4.69) is 15.6 Å². The van der Waals surface area contributed by atoms with Crippen molar-refractivity contribution < 1.29 is 14.0 Å². The number of furan rings is 1. The number of pyridine rings is 1. The summed E-state index contributed by atoms with van der Waals surface area (Å²) in [7, 11) is 0. The van der Waals surface area contributed by atoms with Gasteiger partial charge in [0.1, 0.15) is 11.6 Å². The number of carbonyl (C=O) groups is 2. The number of carbonyl (C=O) groups excluding carboxylic acids is 2. The number of hydrogen-bond donors (Lipinski definition) is 2. The number of dihydropyridines is 1. The highest BCUT2D eigenvalue weighted by molar-refractivity contribution is 6.09. The summed E-state index contributed by atoms with van der Waals surface area (Å²) >= 11 is 0. The molecule has 3 aromatic rings. The van der Waals surface area contributed by atoms with Crippen molar-refractivity contribution in [3.8, 4) is 0 Å². The second-order valence-electron chi connectivity index (χ2n) is 8.62. The zero-order valence-corrected chi connectivity index (χ0v) is 18.6. The standard InChI is InChI=1S/C27H25N3O3/c1-16-10-11-23(28-15-16)30-27(32)24-17(2)29-20-13-19(22-9-6-12-33-22)14-21(31)26(20)25(24)18-7-4-3-5-8-18/h3-12,15,19,25,29H,13-14H2,1-2H3,(H,28,30,32). The topological polar surface area (TPSA) is 84.2 Å². The van der Waals surface area contributed by atoms with Gasteiger partial charge in [-0.25, -0.2) is 4.98 Å². The van der Waals surface area contributed by atoms with Crippen LogP contribution in [0.15, 0.2) is 94.0 Å². The van der Waals surface area contributed by atoms with Gasteiger partial charge >= 0.3 is 0 Å². The summed E-state index contributed by atoms with van der Waals surface area (Å²) in [6, 6.07) is 17.2. The highest BCUT2D eigenvalue weighted by Gasteiger charge is 2.41. The number of nitrogens with one attached hydrogen (secondary N) is 2. The average Bonchev–Trinajstić information content (AvgIpc) is 3.35. The Bertz CT molecular complexity index is 1260. The predicted molar refractivity (Wildman–Crippen MR) is 125 cm³/mol. The average molecular weight is 440 g/mol. The van der Waals surface area contributed by atoms with Crippen molar-refractivity contribution in [2.24, 2.45) is 0 Å². The van der Waals surface area contributed by atoms with E-state index < -0.39 is 5.92 Å². The molecule has 2 unspecified atom stereocenters. The van der Waals surface area contributed by atoms with Crippen molar-refractivity contribution in [2.75, 3.05) is 5.32 Å². The molecule has 2 N–H and O–H groups in total. The van der Waals surface area contributed by atoms with Gasteiger partial charge in [-0.15, -0.1) is 0 Å². The van der Waals surface area contributed by atoms with Gasteiger partial charge in [0.15, 0.2) is 5.78 Å². The van der Waals surface area contributed by atoms with Crippen molar-refractivity contribution in [3.05, 3.63) is 106 Å². The van der Waals surface area contributed by atoms with Crippen molar-refractivity contribution in [1.82, 2.24) is 10.3 Å². The van der Waals surface area contributed by atoms with Crippen LogP contribution in [-0.2, 0) is 9.59 Å². The lowest BCUT2D eigenvalue weighted by molar-refractivity contribution is -0.116. The third kappa shape index (κ3) is 4.00. The number of aromatic nitrogens is 1. The van der Waals surface area contributed by atoms with Crippen molar-refractivity contribution >= 4 is 17.5 Å². The molecule has 0 bridgehead atoms. The van der Waals surface area contributed by atoms with Crippen molar-refractivity contribution in [1.29, 1.82) is 0 Å². The number of rotatable bonds is 4. The number of Topliss-reactive ketones (excluding diaryl/α,β-unsaturated/α-hetero) is 1. The number of anilines is 1. The van der Waals surface area contributed by atoms with E-state index in [0.717, 1.165) is 28.3 Å². The highest BCUT2D eigenvalue weighted by atomic mass is 16.3. The molecule has 6 heteroatoms. The number of benzene rings is 1. The predicted octanol–water partition coefficient (Wildman–Crippen LogP) is 4.98. The molecule has 2 aliphatic rings. The van der Waals surface area contributed by atoms with Crippen LogP contribution in [0.25, 0.3) is 0 Å². The maximum absolute atomic E-state index is 13.5. The first-order valence-electron chi connectivity index (χ1n) is 11.1. The van der Waals surface area contributed by atoms with Crippen LogP contribution < -0.4 is 10.6 Å². The third-order valence-electron chi connectivity index (χ3n) is 6.30. The molecule has 0 radical (unpaired) electrons. The molecule has 3 heterocycles. The van der Waals surface area contributed by atoms with E-state index in [9.17, 15) is 9.59 Å². The molecular weight excluding hydrogens is 414 g/mol. The Kier molecular flexibility index (Phi) is 5.42. The van der Waals surface area contributed by atoms with Crippen LogP contribution in [0.3, 0.4) is 0 Å². The molecule has 1 amide bonds. The second-order valence-corrected chi connectivity index (χ2v) is 8.62. The van der Waals surface area contributed by atoms with Gasteiger partial charge in [0.05, 0.1) is 6.26 Å². The molecule has 2 aromatic heterocycles. The molecule has 2 atom stereocenters. The second kappa shape index (κ2) is 8.54. The SMILES string of the molecule is CC1=C(C(=O)Nc2ccc(C)cn2)C(c2ccccc2)C2=C(CC(c3ccco3)CC2=O)N1. The Morgan fingerprint density at radius 2 is 1.88 bits per heavy atom. The number of ketones is 1. The Hall–Kier alpha value is -3.93. The zero-order valence-electron chi connectivity index (χ0n) is 18.6. The largest absolute Gasteiger partial charge is 0.469 e. The lowest BCUT2D eigenvalue weighted by Gasteiger charge is -2.36. The molecule has 33 heavy (non-hydrogen) atoms. The number of nitrogens with zero attached hydrogens (tertiary/aromatic N) is 1. The van der Waals surface area contributed by atoms with E-state index in [1.54, 1.807) is 18.5 Å². The van der Waals surface area contributed by atoms with Gasteiger partial charge in [-0.3, -0.25) is 9.59 Å². The molecule has 1 aliphatic carbocycles. The summed E-state index contributed by atoms with van der Waals surface area (Å²) in [6.45, 7) is 3.83. The molecule has 1 aromatic carbocycles. The molecule has 1 aliphatic heterocycles. The van der Waals surface area contributed by atoms with E-state index in [0.29, 0.717) is 29.8 Å². The number of amides is 1. The molecule has 0 saturated heterocycles. The molecule has 0 fully saturated rings. The maximum atomic E-state index is 13.5. The minimum Gasteiger partial charge on any atom is -0.469 e. The number of allylic oxidation sites excluding steroid dienone is 3. The summed E-state index contributed by atoms with van der Waals surface area (Å²) in [6.07, 6.45) is 4.36. The van der Waals surface area contributed by atoms with Gasteiger partial charge in [0.2, 0.25) is 0 Å². The lowest BCUT2D eigenvalue weighted by Crippen LogP contribution is -2.37. The van der Waals surface area contributed by atoms with Gasteiger partial charge < -0.3 is 15.1 Å². The van der Waals surface area contributed by atoms with Crippen molar-refractivity contribution in [2.45, 2.75) is 38.5 Å². The third-order valence-corrected chi connectivity index (χ3v) is 6.30. The summed E-state index contributed by atoms with van der Waals surface area (Å²) in [5, 5.41) is 6.30. The van der Waals surface area contributed by atoms with E-state index in [1.165, 1.54) is 0 Å². The van der Waals surface area contributed by atoms with Crippen LogP contribution >= 0.6 is 0 Å². The summed E-state index contributed by atoms with van der Waals surface area (Å²) in [5.74, 6) is 0.588. The monoisotopic (exact) mass is 439 g/mol. The van der Waals surface area contributed by atoms with Crippen LogP contribution in [0.1, 0.15) is 48.5 Å². The smallest absolute Gasteiger partial charge is 0.255 e. The van der Waals surface area contributed by atoms with Gasteiger partial charge in [0.25, 0.3) is 5.91 Å². The first-order chi connectivity index (χ1) is 16.0. The van der Waals surface area contributed by atoms with Gasteiger partial charge in [-0.1, -0.05) is 36.4 Å². The number of aryl methyl sites for hydroxylation is 1. The van der Waals surface area contributed by atoms with Crippen LogP contribution in [-0.4, -0.2) is 16.7 Å². The quantitative estimate of drug-likeness (QED) is 0.599. The molecule has 0 saturated carbocycles. The number of hydrogen-bond acceptors (Lipinski definition) is 5. The van der Waals surface area contributed by atoms with Crippen molar-refractivity contribution in [3.63, 3.8) is 0 Å². The Morgan fingerprint density at radius 3 is 2.58 bits per heavy atom. The van der Waals surface area contributed by atoms with Crippen LogP contribution in [0.4, 0.5) is 5.82 Å².